The van der Waals surface area contributed by atoms with Crippen molar-refractivity contribution >= 4 is 35.3 Å². The summed E-state index contributed by atoms with van der Waals surface area (Å²) in [6.07, 6.45) is 0.772. The molecule has 1 rings (SSSR count). The van der Waals surface area contributed by atoms with Gasteiger partial charge >= 0.3 is 0 Å². The molecule has 0 spiro atoms. The van der Waals surface area contributed by atoms with Gasteiger partial charge in [-0.15, -0.1) is 0 Å². The smallest absolute Gasteiger partial charge is 0.273 e. The van der Waals surface area contributed by atoms with Gasteiger partial charge in [0.1, 0.15) is 5.54 Å². The molecule has 0 saturated heterocycles. The van der Waals surface area contributed by atoms with Crippen LogP contribution in [0.2, 0.25) is 0 Å². The minimum Gasteiger partial charge on any atom is -0.396 e. The highest BCUT2D eigenvalue weighted by Gasteiger charge is 2.43. The highest BCUT2D eigenvalue weighted by molar-refractivity contribution is 6.60. The number of nitrogens with zero attached hydrogens (tertiary/aromatic N) is 2. The third-order valence-electron chi connectivity index (χ3n) is 4.24. The predicted octanol–water partition coefficient (Wildman–Crippen LogP) is -0.767. The molecule has 0 heterocycles. The van der Waals surface area contributed by atoms with Crippen LogP contribution in [0.25, 0.3) is 0 Å². The zero-order chi connectivity index (χ0) is 21.3. The number of aliphatic hydroxyl groups is 1. The average molecular weight is 390 g/mol. The van der Waals surface area contributed by atoms with E-state index in [0.717, 1.165) is 6.21 Å². The molecule has 0 aliphatic heterocycles. The lowest BCUT2D eigenvalue weighted by Crippen LogP contribution is -2.67. The van der Waals surface area contributed by atoms with Gasteiger partial charge in [-0.3, -0.25) is 19.4 Å². The van der Waals surface area contributed by atoms with Crippen LogP contribution in [0.3, 0.4) is 0 Å². The molecule has 0 bridgehead atoms. The lowest BCUT2D eigenvalue weighted by atomic mass is 9.84. The molecule has 152 valence electrons. The molecule has 6 N–H and O–H groups in total. The number of hydrazone groups is 1. The van der Waals surface area contributed by atoms with Gasteiger partial charge < -0.3 is 26.9 Å². The molecule has 0 radical (unpaired) electrons. The Kier molecular flexibility index (Phi) is 8.27. The van der Waals surface area contributed by atoms with Gasteiger partial charge in [-0.05, 0) is 12.1 Å². The zero-order valence-electron chi connectivity index (χ0n) is 16.1. The average Bonchev–Trinajstić information content (AvgIpc) is 2.68. The van der Waals surface area contributed by atoms with Crippen molar-refractivity contribution in [2.45, 2.75) is 19.4 Å². The molecule has 0 aliphatic carbocycles. The molecule has 1 aromatic rings. The Hall–Kier alpha value is -3.27. The number of benzene rings is 1. The Labute approximate surface area is 163 Å². The molecule has 1 aromatic carbocycles. The van der Waals surface area contributed by atoms with E-state index < -0.39 is 35.8 Å². The number of hydrogen-bond acceptors (Lipinski definition) is 7. The molecule has 0 aliphatic rings. The third kappa shape index (κ3) is 5.61. The molecule has 3 amide bonds. The molecular weight excluding hydrogens is 364 g/mol. The first kappa shape index (κ1) is 22.8. The van der Waals surface area contributed by atoms with Crippen LogP contribution >= 0.6 is 0 Å². The van der Waals surface area contributed by atoms with Crippen molar-refractivity contribution < 1.29 is 19.5 Å². The Morgan fingerprint density at radius 1 is 1.36 bits per heavy atom. The van der Waals surface area contributed by atoms with E-state index in [1.807, 2.05) is 6.07 Å². The Morgan fingerprint density at radius 2 is 1.96 bits per heavy atom. The quantitative estimate of drug-likeness (QED) is 0.261. The summed E-state index contributed by atoms with van der Waals surface area (Å²) in [5.41, 5.74) is 4.25. The monoisotopic (exact) mass is 390 g/mol. The lowest BCUT2D eigenvalue weighted by molar-refractivity contribution is -0.133. The predicted molar refractivity (Wildman–Crippen MR) is 106 cm³/mol. The second kappa shape index (κ2) is 10.2. The maximum Gasteiger partial charge on any atom is 0.273 e. The topological polar surface area (TPSA) is 161 Å². The minimum absolute atomic E-state index is 0.218. The van der Waals surface area contributed by atoms with Gasteiger partial charge in [-0.2, -0.15) is 5.10 Å². The number of para-hydroxylation sites is 1. The first-order chi connectivity index (χ1) is 13.2. The van der Waals surface area contributed by atoms with Crippen molar-refractivity contribution in [1.82, 2.24) is 10.6 Å². The summed E-state index contributed by atoms with van der Waals surface area (Å²) in [6, 6.07) is 8.99. The number of amides is 3. The number of carbonyl (C=O) groups excluding carboxylic acids is 3. The summed E-state index contributed by atoms with van der Waals surface area (Å²) in [5.74, 6) is -2.95. The summed E-state index contributed by atoms with van der Waals surface area (Å²) >= 11 is 0. The molecule has 0 aromatic heterocycles. The molecule has 0 fully saturated rings. The fraction of sp³-hybridized carbons (Fsp3) is 0.389. The fourth-order valence-electron chi connectivity index (χ4n) is 2.52. The number of aliphatic hydroxyl groups excluding tert-OH is 1. The van der Waals surface area contributed by atoms with Gasteiger partial charge in [0.05, 0.1) is 18.4 Å². The Balaban J connectivity index is 3.03. The summed E-state index contributed by atoms with van der Waals surface area (Å²) in [4.78, 5) is 36.0. The van der Waals surface area contributed by atoms with Gasteiger partial charge in [0, 0.05) is 26.5 Å². The van der Waals surface area contributed by atoms with Gasteiger partial charge in [0.25, 0.3) is 5.91 Å². The van der Waals surface area contributed by atoms with Crippen LogP contribution in [0.5, 0.6) is 0 Å². The number of carbonyl (C=O) groups is 3. The van der Waals surface area contributed by atoms with Crippen LogP contribution in [0.4, 0.5) is 5.69 Å². The molecule has 0 saturated carbocycles. The van der Waals surface area contributed by atoms with Crippen LogP contribution in [-0.2, 0) is 14.4 Å². The maximum atomic E-state index is 12.5. The third-order valence-corrected chi connectivity index (χ3v) is 4.24. The van der Waals surface area contributed by atoms with E-state index in [4.69, 9.17) is 11.1 Å². The number of anilines is 1. The summed E-state index contributed by atoms with van der Waals surface area (Å²) in [5, 5.41) is 27.3. The molecule has 10 nitrogen and oxygen atoms in total. The number of hydrogen-bond donors (Lipinski definition) is 5. The first-order valence-corrected chi connectivity index (χ1v) is 8.53. The molecule has 2 atom stereocenters. The van der Waals surface area contributed by atoms with Crippen LogP contribution in [0.1, 0.15) is 13.8 Å². The Morgan fingerprint density at radius 3 is 2.43 bits per heavy atom. The number of primary amides is 1. The van der Waals surface area contributed by atoms with E-state index in [1.165, 1.54) is 18.9 Å². The molecule has 28 heavy (non-hydrogen) atoms. The standard InChI is InChI=1S/C18H26N6O4/c1-12(10-25)18(17(20)28,22-13(2)26)11-21-16(27)15(9-19)23-24(3)14-7-5-4-6-8-14/h4-9,12,19,25H,10-11H2,1-3H3,(H2,20,28)(H,21,27)(H,22,26)/b19-9?,23-15+. The van der Waals surface area contributed by atoms with Gasteiger partial charge in [0.15, 0.2) is 5.71 Å². The normalized spacial score (nSPS) is 14.4. The Bertz CT molecular complexity index is 752. The van der Waals surface area contributed by atoms with E-state index in [-0.39, 0.29) is 12.3 Å². The van der Waals surface area contributed by atoms with Crippen LogP contribution in [0.15, 0.2) is 35.4 Å². The van der Waals surface area contributed by atoms with Crippen molar-refractivity contribution in [3.05, 3.63) is 30.3 Å². The molecule has 2 unspecified atom stereocenters. The van der Waals surface area contributed by atoms with E-state index in [9.17, 15) is 19.5 Å². The second-order valence-corrected chi connectivity index (χ2v) is 6.27. The highest BCUT2D eigenvalue weighted by Crippen LogP contribution is 2.17. The van der Waals surface area contributed by atoms with Crippen molar-refractivity contribution in [3.8, 4) is 0 Å². The number of nitrogens with two attached hydrogens (primary N) is 1. The SMILES string of the molecule is CC(=O)NC(CNC(=O)/C(C=N)=N/N(C)c1ccccc1)(C(N)=O)C(C)CO. The van der Waals surface area contributed by atoms with Gasteiger partial charge in [0.2, 0.25) is 11.8 Å². The van der Waals surface area contributed by atoms with E-state index in [2.05, 4.69) is 15.7 Å². The maximum absolute atomic E-state index is 12.5. The largest absolute Gasteiger partial charge is 0.396 e. The van der Waals surface area contributed by atoms with Gasteiger partial charge in [-0.1, -0.05) is 25.1 Å². The fourth-order valence-corrected chi connectivity index (χ4v) is 2.52. The van der Waals surface area contributed by atoms with E-state index in [0.29, 0.717) is 5.69 Å². The summed E-state index contributed by atoms with van der Waals surface area (Å²) in [7, 11) is 1.62. The highest BCUT2D eigenvalue weighted by atomic mass is 16.3. The van der Waals surface area contributed by atoms with E-state index >= 15 is 0 Å². The van der Waals surface area contributed by atoms with Crippen molar-refractivity contribution in [3.63, 3.8) is 0 Å². The van der Waals surface area contributed by atoms with Crippen LogP contribution in [-0.4, -0.2) is 60.5 Å². The molecule has 10 heteroatoms. The molecular formula is C18H26N6O4. The van der Waals surface area contributed by atoms with Crippen LogP contribution < -0.4 is 21.4 Å². The van der Waals surface area contributed by atoms with Gasteiger partial charge in [-0.25, -0.2) is 0 Å². The first-order valence-electron chi connectivity index (χ1n) is 8.53. The zero-order valence-corrected chi connectivity index (χ0v) is 16.1. The summed E-state index contributed by atoms with van der Waals surface area (Å²) < 4.78 is 0. The second-order valence-electron chi connectivity index (χ2n) is 6.27. The van der Waals surface area contributed by atoms with Crippen molar-refractivity contribution in [2.24, 2.45) is 16.8 Å². The van der Waals surface area contributed by atoms with Crippen molar-refractivity contribution in [1.29, 1.82) is 5.41 Å². The lowest BCUT2D eigenvalue weighted by Gasteiger charge is -2.36. The van der Waals surface area contributed by atoms with E-state index in [1.54, 1.807) is 31.3 Å². The number of rotatable bonds is 10. The van der Waals surface area contributed by atoms with Crippen LogP contribution in [0, 0.1) is 11.3 Å². The minimum atomic E-state index is -1.69. The number of nitrogens with one attached hydrogen (secondary N) is 3. The summed E-state index contributed by atoms with van der Waals surface area (Å²) in [6.45, 7) is 1.90. The van der Waals surface area contributed by atoms with Crippen molar-refractivity contribution in [2.75, 3.05) is 25.2 Å².